The van der Waals surface area contributed by atoms with Gasteiger partial charge in [-0.3, -0.25) is 10.1 Å². The number of hydrogen-bond acceptors (Lipinski definition) is 4. The molecule has 0 spiro atoms. The second-order valence-electron chi connectivity index (χ2n) is 6.54. The highest BCUT2D eigenvalue weighted by Crippen LogP contribution is 2.34. The molecule has 1 aliphatic rings. The van der Waals surface area contributed by atoms with Crippen molar-refractivity contribution in [1.29, 1.82) is 0 Å². The van der Waals surface area contributed by atoms with Crippen LogP contribution in [0.1, 0.15) is 27.2 Å². The number of hydrogen-bond donors (Lipinski definition) is 1. The number of nitro groups is 1. The summed E-state index contributed by atoms with van der Waals surface area (Å²) >= 11 is 0. The maximum Gasteiger partial charge on any atom is 0.407 e. The van der Waals surface area contributed by atoms with Crippen LogP contribution in [-0.4, -0.2) is 39.7 Å². The average molecular weight is 308 g/mol. The molecule has 0 saturated carbocycles. The molecule has 1 amide bonds. The van der Waals surface area contributed by atoms with Gasteiger partial charge in [0, 0.05) is 24.6 Å². The second-order valence-corrected chi connectivity index (χ2v) is 6.54. The highest BCUT2D eigenvalue weighted by Gasteiger charge is 2.42. The van der Waals surface area contributed by atoms with Crippen LogP contribution in [0.2, 0.25) is 0 Å². The summed E-state index contributed by atoms with van der Waals surface area (Å²) in [6.07, 6.45) is -0.594. The second kappa shape index (κ2) is 5.82. The normalized spacial score (nSPS) is 21.7. The van der Waals surface area contributed by atoms with E-state index >= 15 is 0 Å². The van der Waals surface area contributed by atoms with Gasteiger partial charge in [-0.05, 0) is 17.5 Å². The predicted molar refractivity (Wildman–Crippen MR) is 80.1 cm³/mol. The summed E-state index contributed by atoms with van der Waals surface area (Å²) in [5, 5.41) is 19.9. The molecule has 7 heteroatoms. The van der Waals surface area contributed by atoms with Gasteiger partial charge in [-0.25, -0.2) is 4.79 Å². The number of non-ortho nitro benzene ring substituents is 1. The summed E-state index contributed by atoms with van der Waals surface area (Å²) < 4.78 is 5.79. The third-order valence-electron chi connectivity index (χ3n) is 3.86. The van der Waals surface area contributed by atoms with Crippen molar-refractivity contribution in [1.82, 2.24) is 4.90 Å². The molecule has 0 aliphatic carbocycles. The maximum atomic E-state index is 11.4. The third-order valence-corrected chi connectivity index (χ3v) is 3.86. The van der Waals surface area contributed by atoms with Crippen LogP contribution in [0.5, 0.6) is 5.75 Å². The van der Waals surface area contributed by atoms with Crippen molar-refractivity contribution < 1.29 is 19.6 Å². The lowest BCUT2D eigenvalue weighted by atomic mass is 9.85. The molecule has 0 bridgehead atoms. The van der Waals surface area contributed by atoms with Gasteiger partial charge in [0.05, 0.1) is 11.5 Å². The molecule has 2 unspecified atom stereocenters. The van der Waals surface area contributed by atoms with E-state index in [2.05, 4.69) is 0 Å². The molecule has 1 aromatic rings. The summed E-state index contributed by atoms with van der Waals surface area (Å²) in [4.78, 5) is 22.9. The van der Waals surface area contributed by atoms with Crippen LogP contribution >= 0.6 is 0 Å². The minimum atomic E-state index is -0.949. The smallest absolute Gasteiger partial charge is 0.407 e. The van der Waals surface area contributed by atoms with Gasteiger partial charge in [-0.15, -0.1) is 0 Å². The minimum absolute atomic E-state index is 0.00139. The molecule has 1 heterocycles. The zero-order valence-corrected chi connectivity index (χ0v) is 12.9. The van der Waals surface area contributed by atoms with Gasteiger partial charge in [0.1, 0.15) is 11.9 Å². The molecule has 1 fully saturated rings. The number of likely N-dealkylation sites (tertiary alicyclic amines) is 1. The van der Waals surface area contributed by atoms with Crippen molar-refractivity contribution in [2.24, 2.45) is 5.41 Å². The van der Waals surface area contributed by atoms with Crippen molar-refractivity contribution >= 4 is 11.8 Å². The Kier molecular flexibility index (Phi) is 4.25. The molecule has 1 saturated heterocycles. The standard InChI is InChI=1S/C15H20N2O5/c1-15(2,3)13-8-12(9-16(13)14(18)19)22-11-6-4-10(5-7-11)17(20)21/h4-7,12-13H,8-9H2,1-3H3,(H,18,19). The summed E-state index contributed by atoms with van der Waals surface area (Å²) in [7, 11) is 0. The predicted octanol–water partition coefficient (Wildman–Crippen LogP) is 3.14. The summed E-state index contributed by atoms with van der Waals surface area (Å²) in [5.41, 5.74) is -0.176. The lowest BCUT2D eigenvalue weighted by molar-refractivity contribution is -0.384. The van der Waals surface area contributed by atoms with Crippen molar-refractivity contribution in [2.75, 3.05) is 6.54 Å². The van der Waals surface area contributed by atoms with Crippen molar-refractivity contribution in [3.63, 3.8) is 0 Å². The highest BCUT2D eigenvalue weighted by molar-refractivity contribution is 5.66. The fraction of sp³-hybridized carbons (Fsp3) is 0.533. The van der Waals surface area contributed by atoms with Crippen LogP contribution in [-0.2, 0) is 0 Å². The molecular weight excluding hydrogens is 288 g/mol. The number of nitrogens with zero attached hydrogens (tertiary/aromatic N) is 2. The number of carbonyl (C=O) groups is 1. The fourth-order valence-electron chi connectivity index (χ4n) is 2.75. The molecular formula is C15H20N2O5. The Morgan fingerprint density at radius 3 is 2.36 bits per heavy atom. The average Bonchev–Trinajstić information content (AvgIpc) is 2.83. The van der Waals surface area contributed by atoms with E-state index in [9.17, 15) is 20.0 Å². The fourth-order valence-corrected chi connectivity index (χ4v) is 2.75. The first-order chi connectivity index (χ1) is 10.2. The molecule has 7 nitrogen and oxygen atoms in total. The molecule has 1 aliphatic heterocycles. The first-order valence-corrected chi connectivity index (χ1v) is 7.09. The Labute approximate surface area is 128 Å². The number of nitro benzene ring substituents is 1. The van der Waals surface area contributed by atoms with Gasteiger partial charge >= 0.3 is 6.09 Å². The Morgan fingerprint density at radius 1 is 1.36 bits per heavy atom. The molecule has 2 atom stereocenters. The molecule has 0 aromatic heterocycles. The van der Waals surface area contributed by atoms with Crippen molar-refractivity contribution in [3.8, 4) is 5.75 Å². The molecule has 120 valence electrons. The van der Waals surface area contributed by atoms with Gasteiger partial charge in [-0.1, -0.05) is 20.8 Å². The van der Waals surface area contributed by atoms with E-state index < -0.39 is 11.0 Å². The van der Waals surface area contributed by atoms with Crippen LogP contribution in [0.25, 0.3) is 0 Å². The molecule has 1 aromatic carbocycles. The molecule has 0 radical (unpaired) electrons. The van der Waals surface area contributed by atoms with Crippen molar-refractivity contribution in [2.45, 2.75) is 39.3 Å². The number of ether oxygens (including phenoxy) is 1. The van der Waals surface area contributed by atoms with Gasteiger partial charge in [-0.2, -0.15) is 0 Å². The first-order valence-electron chi connectivity index (χ1n) is 7.09. The number of carboxylic acid groups (broad SMARTS) is 1. The monoisotopic (exact) mass is 308 g/mol. The summed E-state index contributed by atoms with van der Waals surface area (Å²) in [6.45, 7) is 6.31. The van der Waals surface area contributed by atoms with Gasteiger partial charge in [0.15, 0.2) is 0 Å². The van der Waals surface area contributed by atoms with Crippen molar-refractivity contribution in [3.05, 3.63) is 34.4 Å². The Balaban J connectivity index is 2.08. The van der Waals surface area contributed by atoms with E-state index in [1.54, 1.807) is 0 Å². The molecule has 22 heavy (non-hydrogen) atoms. The van der Waals surface area contributed by atoms with E-state index in [1.807, 2.05) is 20.8 Å². The maximum absolute atomic E-state index is 11.4. The highest BCUT2D eigenvalue weighted by atomic mass is 16.6. The molecule has 2 rings (SSSR count). The van der Waals surface area contributed by atoms with Crippen LogP contribution in [0, 0.1) is 15.5 Å². The van der Waals surface area contributed by atoms with E-state index in [0.717, 1.165) is 0 Å². The van der Waals surface area contributed by atoms with E-state index in [1.165, 1.54) is 29.2 Å². The minimum Gasteiger partial charge on any atom is -0.488 e. The lowest BCUT2D eigenvalue weighted by Crippen LogP contribution is -2.42. The van der Waals surface area contributed by atoms with E-state index in [-0.39, 0.29) is 23.2 Å². The SMILES string of the molecule is CC(C)(C)C1CC(Oc2ccc([N+](=O)[O-])cc2)CN1C(=O)O. The van der Waals surface area contributed by atoms with Crippen LogP contribution in [0.15, 0.2) is 24.3 Å². The lowest BCUT2D eigenvalue weighted by Gasteiger charge is -2.32. The van der Waals surface area contributed by atoms with Crippen LogP contribution < -0.4 is 4.74 Å². The van der Waals surface area contributed by atoms with E-state index in [4.69, 9.17) is 4.74 Å². The Hall–Kier alpha value is -2.31. The number of benzene rings is 1. The third kappa shape index (κ3) is 3.47. The number of amides is 1. The Bertz CT molecular complexity index is 564. The first kappa shape index (κ1) is 16.1. The van der Waals surface area contributed by atoms with Gasteiger partial charge < -0.3 is 14.7 Å². The van der Waals surface area contributed by atoms with Gasteiger partial charge in [0.2, 0.25) is 0 Å². The van der Waals surface area contributed by atoms with Gasteiger partial charge in [0.25, 0.3) is 5.69 Å². The quantitative estimate of drug-likeness (QED) is 0.684. The van der Waals surface area contributed by atoms with Crippen LogP contribution in [0.3, 0.4) is 0 Å². The van der Waals surface area contributed by atoms with Crippen LogP contribution in [0.4, 0.5) is 10.5 Å². The summed E-state index contributed by atoms with van der Waals surface area (Å²) in [5.74, 6) is 0.510. The molecule has 1 N–H and O–H groups in total. The Morgan fingerprint density at radius 2 is 1.95 bits per heavy atom. The number of rotatable bonds is 3. The topological polar surface area (TPSA) is 92.9 Å². The zero-order chi connectivity index (χ0) is 16.5. The van der Waals surface area contributed by atoms with E-state index in [0.29, 0.717) is 18.7 Å². The zero-order valence-electron chi connectivity index (χ0n) is 12.9. The largest absolute Gasteiger partial charge is 0.488 e. The summed E-state index contributed by atoms with van der Waals surface area (Å²) in [6, 6.07) is 5.70.